The molecule has 0 atom stereocenters. The molecule has 2 heterocycles. The first-order chi connectivity index (χ1) is 12.8. The Hall–Kier alpha value is -2.37. The van der Waals surface area contributed by atoms with Gasteiger partial charge in [0.15, 0.2) is 0 Å². The average molecular weight is 369 g/mol. The Morgan fingerprint density at radius 1 is 0.923 bits per heavy atom. The maximum atomic E-state index is 6.12. The summed E-state index contributed by atoms with van der Waals surface area (Å²) in [5, 5.41) is 0.659. The second-order valence-electron chi connectivity index (χ2n) is 6.32. The smallest absolute Gasteiger partial charge is 0.147 e. The Morgan fingerprint density at radius 2 is 1.65 bits per heavy atom. The standard InChI is InChI=1S/C20H21ClN4O/c21-16-5-1-4-8-19(16)26-14-13-24-9-11-25(12-10-24)20-15-22-17-6-2-3-7-18(17)23-20/h1-8,15H,9-14H2. The molecule has 0 unspecified atom stereocenters. The van der Waals surface area contributed by atoms with E-state index in [1.54, 1.807) is 0 Å². The number of piperazine rings is 1. The van der Waals surface area contributed by atoms with Crippen LogP contribution in [0, 0.1) is 0 Å². The summed E-state index contributed by atoms with van der Waals surface area (Å²) in [5.74, 6) is 1.70. The number of rotatable bonds is 5. The van der Waals surface area contributed by atoms with Crippen LogP contribution < -0.4 is 9.64 Å². The molecule has 134 valence electrons. The van der Waals surface area contributed by atoms with Crippen LogP contribution in [0.4, 0.5) is 5.82 Å². The van der Waals surface area contributed by atoms with E-state index in [1.807, 2.05) is 54.7 Å². The van der Waals surface area contributed by atoms with Crippen LogP contribution in [0.15, 0.2) is 54.7 Å². The van der Waals surface area contributed by atoms with Gasteiger partial charge in [-0.15, -0.1) is 0 Å². The number of para-hydroxylation sites is 3. The summed E-state index contributed by atoms with van der Waals surface area (Å²) in [5.41, 5.74) is 1.88. The van der Waals surface area contributed by atoms with Gasteiger partial charge >= 0.3 is 0 Å². The van der Waals surface area contributed by atoms with E-state index in [-0.39, 0.29) is 0 Å². The molecule has 0 N–H and O–H groups in total. The Labute approximate surface area is 158 Å². The van der Waals surface area contributed by atoms with E-state index < -0.39 is 0 Å². The third-order valence-electron chi connectivity index (χ3n) is 4.63. The van der Waals surface area contributed by atoms with E-state index in [9.17, 15) is 0 Å². The topological polar surface area (TPSA) is 41.5 Å². The van der Waals surface area contributed by atoms with Crippen molar-refractivity contribution in [1.82, 2.24) is 14.9 Å². The highest BCUT2D eigenvalue weighted by Gasteiger charge is 2.18. The van der Waals surface area contributed by atoms with E-state index in [1.165, 1.54) is 0 Å². The van der Waals surface area contributed by atoms with Crippen molar-refractivity contribution < 1.29 is 4.74 Å². The summed E-state index contributed by atoms with van der Waals surface area (Å²) in [6.45, 7) is 5.39. The summed E-state index contributed by atoms with van der Waals surface area (Å²) < 4.78 is 5.79. The SMILES string of the molecule is Clc1ccccc1OCCN1CCN(c2cnc3ccccc3n2)CC1. The second-order valence-corrected chi connectivity index (χ2v) is 6.73. The molecule has 0 amide bonds. The van der Waals surface area contributed by atoms with Gasteiger partial charge in [-0.2, -0.15) is 0 Å². The largest absolute Gasteiger partial charge is 0.491 e. The minimum absolute atomic E-state index is 0.638. The quantitative estimate of drug-likeness (QED) is 0.689. The summed E-state index contributed by atoms with van der Waals surface area (Å²) in [4.78, 5) is 14.0. The molecule has 1 saturated heterocycles. The number of halogens is 1. The molecule has 0 aliphatic carbocycles. The zero-order chi connectivity index (χ0) is 17.8. The number of nitrogens with zero attached hydrogens (tertiary/aromatic N) is 4. The lowest BCUT2D eigenvalue weighted by Crippen LogP contribution is -2.47. The van der Waals surface area contributed by atoms with Gasteiger partial charge in [0.05, 0.1) is 22.3 Å². The van der Waals surface area contributed by atoms with Crippen LogP contribution in [0.5, 0.6) is 5.75 Å². The Balaban J connectivity index is 1.29. The van der Waals surface area contributed by atoms with Gasteiger partial charge in [0.2, 0.25) is 0 Å². The number of fused-ring (bicyclic) bond motifs is 1. The maximum Gasteiger partial charge on any atom is 0.147 e. The van der Waals surface area contributed by atoms with Gasteiger partial charge in [0, 0.05) is 32.7 Å². The zero-order valence-electron chi connectivity index (χ0n) is 14.5. The monoisotopic (exact) mass is 368 g/mol. The van der Waals surface area contributed by atoms with E-state index in [2.05, 4.69) is 14.8 Å². The molecule has 6 heteroatoms. The number of aromatic nitrogens is 2. The molecule has 1 fully saturated rings. The molecule has 3 aromatic rings. The maximum absolute atomic E-state index is 6.12. The number of hydrogen-bond donors (Lipinski definition) is 0. The highest BCUT2D eigenvalue weighted by molar-refractivity contribution is 6.32. The molecule has 1 aliphatic rings. The van der Waals surface area contributed by atoms with Crippen molar-refractivity contribution >= 4 is 28.5 Å². The number of hydrogen-bond acceptors (Lipinski definition) is 5. The van der Waals surface area contributed by atoms with Crippen molar-refractivity contribution in [3.8, 4) is 5.75 Å². The fourth-order valence-electron chi connectivity index (χ4n) is 3.15. The van der Waals surface area contributed by atoms with Crippen molar-refractivity contribution in [2.75, 3.05) is 44.2 Å². The van der Waals surface area contributed by atoms with Gasteiger partial charge in [0.25, 0.3) is 0 Å². The number of benzene rings is 2. The van der Waals surface area contributed by atoms with E-state index in [4.69, 9.17) is 21.3 Å². The van der Waals surface area contributed by atoms with Crippen LogP contribution in [0.25, 0.3) is 11.0 Å². The van der Waals surface area contributed by atoms with Crippen molar-refractivity contribution in [3.63, 3.8) is 0 Å². The Morgan fingerprint density at radius 3 is 2.46 bits per heavy atom. The third-order valence-corrected chi connectivity index (χ3v) is 4.95. The predicted molar refractivity (Wildman–Crippen MR) is 105 cm³/mol. The van der Waals surface area contributed by atoms with Crippen LogP contribution in [0.1, 0.15) is 0 Å². The molecule has 26 heavy (non-hydrogen) atoms. The van der Waals surface area contributed by atoms with E-state index in [0.29, 0.717) is 11.6 Å². The predicted octanol–water partition coefficient (Wildman–Crippen LogP) is 3.48. The van der Waals surface area contributed by atoms with Crippen molar-refractivity contribution in [1.29, 1.82) is 0 Å². The van der Waals surface area contributed by atoms with Gasteiger partial charge in [-0.3, -0.25) is 9.88 Å². The molecule has 0 radical (unpaired) electrons. The van der Waals surface area contributed by atoms with Crippen molar-refractivity contribution in [3.05, 3.63) is 59.8 Å². The van der Waals surface area contributed by atoms with E-state index in [0.717, 1.165) is 55.3 Å². The molecule has 2 aromatic carbocycles. The summed E-state index contributed by atoms with van der Waals surface area (Å²) in [6, 6.07) is 15.6. The molecule has 0 spiro atoms. The van der Waals surface area contributed by atoms with E-state index >= 15 is 0 Å². The highest BCUT2D eigenvalue weighted by Crippen LogP contribution is 2.23. The lowest BCUT2D eigenvalue weighted by atomic mass is 10.3. The average Bonchev–Trinajstić information content (AvgIpc) is 2.70. The Bertz CT molecular complexity index is 880. The first-order valence-corrected chi connectivity index (χ1v) is 9.24. The minimum atomic E-state index is 0.638. The van der Waals surface area contributed by atoms with Crippen molar-refractivity contribution in [2.45, 2.75) is 0 Å². The highest BCUT2D eigenvalue weighted by atomic mass is 35.5. The Kier molecular flexibility index (Phi) is 5.18. The zero-order valence-corrected chi connectivity index (χ0v) is 15.3. The summed E-state index contributed by atoms with van der Waals surface area (Å²) in [6.07, 6.45) is 1.87. The van der Waals surface area contributed by atoms with Gasteiger partial charge in [0.1, 0.15) is 18.2 Å². The molecular formula is C20H21ClN4O. The first kappa shape index (κ1) is 17.1. The van der Waals surface area contributed by atoms with Gasteiger partial charge in [-0.05, 0) is 24.3 Å². The first-order valence-electron chi connectivity index (χ1n) is 8.86. The lowest BCUT2D eigenvalue weighted by Gasteiger charge is -2.35. The van der Waals surface area contributed by atoms with Crippen molar-refractivity contribution in [2.24, 2.45) is 0 Å². The number of ether oxygens (including phenoxy) is 1. The summed E-state index contributed by atoms with van der Waals surface area (Å²) in [7, 11) is 0. The van der Waals surface area contributed by atoms with Crippen LogP contribution >= 0.6 is 11.6 Å². The van der Waals surface area contributed by atoms with Gasteiger partial charge in [-0.25, -0.2) is 4.98 Å². The third kappa shape index (κ3) is 3.89. The second kappa shape index (κ2) is 7.89. The fraction of sp³-hybridized carbons (Fsp3) is 0.300. The van der Waals surface area contributed by atoms with Crippen LogP contribution in [-0.2, 0) is 0 Å². The normalized spacial score (nSPS) is 15.3. The minimum Gasteiger partial charge on any atom is -0.491 e. The molecular weight excluding hydrogens is 348 g/mol. The molecule has 1 aliphatic heterocycles. The molecule has 1 aromatic heterocycles. The van der Waals surface area contributed by atoms with Crippen LogP contribution in [0.3, 0.4) is 0 Å². The van der Waals surface area contributed by atoms with Gasteiger partial charge < -0.3 is 9.64 Å². The molecule has 4 rings (SSSR count). The summed E-state index contributed by atoms with van der Waals surface area (Å²) >= 11 is 6.12. The molecule has 0 bridgehead atoms. The van der Waals surface area contributed by atoms with Crippen LogP contribution in [0.2, 0.25) is 5.02 Å². The molecule has 0 saturated carbocycles. The molecule has 5 nitrogen and oxygen atoms in total. The van der Waals surface area contributed by atoms with Gasteiger partial charge in [-0.1, -0.05) is 35.9 Å². The van der Waals surface area contributed by atoms with Crippen LogP contribution in [-0.4, -0.2) is 54.2 Å². The number of anilines is 1. The lowest BCUT2D eigenvalue weighted by molar-refractivity contribution is 0.200. The fourth-order valence-corrected chi connectivity index (χ4v) is 3.34.